The number of benzene rings is 2. The molecule has 10 heteroatoms. The molecule has 1 fully saturated rings. The fourth-order valence-electron chi connectivity index (χ4n) is 3.48. The molecular weight excluding hydrogens is 409 g/mol. The van der Waals surface area contributed by atoms with E-state index in [0.29, 0.717) is 37.3 Å². The molecule has 6 nitrogen and oxygen atoms in total. The second kappa shape index (κ2) is 7.05. The van der Waals surface area contributed by atoms with Crippen molar-refractivity contribution < 1.29 is 30.6 Å². The average molecular weight is 426 g/mol. The standard InChI is InChI=1S/C19H17F3N2O4S/c20-19(21,22)15-4-2-1-3-14(15)17-10-12-9-13(29(25,26)27)11-16(18(12)28-17)24-7-5-23-6-8-24/h1-4,9-11,23H,5-8H2,(H,25,26,27). The summed E-state index contributed by atoms with van der Waals surface area (Å²) in [7, 11) is -4.51. The summed E-state index contributed by atoms with van der Waals surface area (Å²) in [5, 5.41) is 3.46. The predicted octanol–water partition coefficient (Wildman–Crippen LogP) is 3.77. The molecule has 2 N–H and O–H groups in total. The van der Waals surface area contributed by atoms with Crippen LogP contribution >= 0.6 is 0 Å². The fraction of sp³-hybridized carbons (Fsp3) is 0.263. The van der Waals surface area contributed by atoms with Crippen LogP contribution in [0.1, 0.15) is 5.56 Å². The lowest BCUT2D eigenvalue weighted by atomic mass is 10.0. The largest absolute Gasteiger partial charge is 0.454 e. The first-order valence-electron chi connectivity index (χ1n) is 8.82. The van der Waals surface area contributed by atoms with Crippen molar-refractivity contribution in [3.63, 3.8) is 0 Å². The van der Waals surface area contributed by atoms with Gasteiger partial charge in [0, 0.05) is 37.1 Å². The van der Waals surface area contributed by atoms with Crippen LogP contribution in [0.5, 0.6) is 0 Å². The van der Waals surface area contributed by atoms with E-state index in [1.165, 1.54) is 36.4 Å². The van der Waals surface area contributed by atoms with Crippen LogP contribution in [-0.4, -0.2) is 39.1 Å². The third-order valence-electron chi connectivity index (χ3n) is 4.82. The lowest BCUT2D eigenvalue weighted by Gasteiger charge is -2.29. The van der Waals surface area contributed by atoms with Crippen molar-refractivity contribution in [3.8, 4) is 11.3 Å². The number of alkyl halides is 3. The van der Waals surface area contributed by atoms with Gasteiger partial charge in [-0.3, -0.25) is 4.55 Å². The number of halogens is 3. The van der Waals surface area contributed by atoms with E-state index in [1.54, 1.807) is 0 Å². The van der Waals surface area contributed by atoms with Crippen molar-refractivity contribution in [2.75, 3.05) is 31.1 Å². The summed E-state index contributed by atoms with van der Waals surface area (Å²) in [4.78, 5) is 1.53. The SMILES string of the molecule is O=S(=O)(O)c1cc(N2CCNCC2)c2oc(-c3ccccc3C(F)(F)F)cc2c1. The van der Waals surface area contributed by atoms with Crippen LogP contribution in [-0.2, 0) is 16.3 Å². The molecule has 0 aliphatic carbocycles. The van der Waals surface area contributed by atoms with Crippen molar-refractivity contribution in [1.82, 2.24) is 5.32 Å². The van der Waals surface area contributed by atoms with Crippen LogP contribution in [0.4, 0.5) is 18.9 Å². The number of anilines is 1. The highest BCUT2D eigenvalue weighted by Crippen LogP contribution is 2.41. The lowest BCUT2D eigenvalue weighted by Crippen LogP contribution is -2.43. The number of piperazine rings is 1. The second-order valence-electron chi connectivity index (χ2n) is 6.73. The minimum atomic E-state index is -4.57. The highest BCUT2D eigenvalue weighted by atomic mass is 32.2. The van der Waals surface area contributed by atoms with E-state index in [-0.39, 0.29) is 21.8 Å². The Bertz CT molecular complexity index is 1170. The van der Waals surface area contributed by atoms with Gasteiger partial charge in [0.1, 0.15) is 5.76 Å². The van der Waals surface area contributed by atoms with E-state index in [1.807, 2.05) is 4.90 Å². The van der Waals surface area contributed by atoms with Crippen LogP contribution in [0, 0.1) is 0 Å². The maximum atomic E-state index is 13.4. The molecule has 3 aromatic rings. The van der Waals surface area contributed by atoms with Gasteiger partial charge in [-0.1, -0.05) is 18.2 Å². The molecule has 2 heterocycles. The van der Waals surface area contributed by atoms with E-state index in [0.717, 1.165) is 6.07 Å². The Labute approximate surface area is 164 Å². The summed E-state index contributed by atoms with van der Waals surface area (Å²) in [6, 6.07) is 8.86. The van der Waals surface area contributed by atoms with Gasteiger partial charge in [-0.25, -0.2) is 0 Å². The maximum absolute atomic E-state index is 13.4. The van der Waals surface area contributed by atoms with E-state index >= 15 is 0 Å². The fourth-order valence-corrected chi connectivity index (χ4v) is 4.01. The molecule has 0 saturated carbocycles. The monoisotopic (exact) mass is 426 g/mol. The quantitative estimate of drug-likeness (QED) is 0.621. The third kappa shape index (κ3) is 3.83. The van der Waals surface area contributed by atoms with E-state index < -0.39 is 21.9 Å². The van der Waals surface area contributed by atoms with Crippen LogP contribution in [0.25, 0.3) is 22.3 Å². The molecular formula is C19H17F3N2O4S. The van der Waals surface area contributed by atoms with Crippen molar-refractivity contribution in [2.24, 2.45) is 0 Å². The van der Waals surface area contributed by atoms with Crippen molar-refractivity contribution in [1.29, 1.82) is 0 Å². The number of fused-ring (bicyclic) bond motifs is 1. The molecule has 154 valence electrons. The Morgan fingerprint density at radius 3 is 2.41 bits per heavy atom. The van der Waals surface area contributed by atoms with Gasteiger partial charge in [0.2, 0.25) is 0 Å². The van der Waals surface area contributed by atoms with E-state index in [9.17, 15) is 26.1 Å². The zero-order valence-electron chi connectivity index (χ0n) is 15.0. The maximum Gasteiger partial charge on any atom is 0.417 e. The van der Waals surface area contributed by atoms with E-state index in [2.05, 4.69) is 5.32 Å². The number of hydrogen-bond acceptors (Lipinski definition) is 5. The van der Waals surface area contributed by atoms with Gasteiger partial charge in [-0.15, -0.1) is 0 Å². The van der Waals surface area contributed by atoms with Gasteiger partial charge in [0.05, 0.1) is 16.1 Å². The molecule has 29 heavy (non-hydrogen) atoms. The van der Waals surface area contributed by atoms with E-state index in [4.69, 9.17) is 4.42 Å². The van der Waals surface area contributed by atoms with Crippen LogP contribution in [0.3, 0.4) is 0 Å². The smallest absolute Gasteiger partial charge is 0.417 e. The Balaban J connectivity index is 1.94. The first-order valence-corrected chi connectivity index (χ1v) is 10.3. The lowest BCUT2D eigenvalue weighted by molar-refractivity contribution is -0.137. The zero-order chi connectivity index (χ0) is 20.8. The molecule has 4 rings (SSSR count). The Morgan fingerprint density at radius 1 is 1.07 bits per heavy atom. The van der Waals surface area contributed by atoms with Gasteiger partial charge in [0.15, 0.2) is 5.58 Å². The Kier molecular flexibility index (Phi) is 4.80. The summed E-state index contributed by atoms with van der Waals surface area (Å²) in [5.41, 5.74) is -0.313. The molecule has 0 amide bonds. The van der Waals surface area contributed by atoms with Gasteiger partial charge in [0.25, 0.3) is 10.1 Å². The molecule has 0 unspecified atom stereocenters. The van der Waals surface area contributed by atoms with Gasteiger partial charge in [-0.2, -0.15) is 21.6 Å². The molecule has 2 aromatic carbocycles. The highest BCUT2D eigenvalue weighted by molar-refractivity contribution is 7.85. The van der Waals surface area contributed by atoms with Gasteiger partial charge in [-0.05, 0) is 24.3 Å². The van der Waals surface area contributed by atoms with Crippen LogP contribution in [0.2, 0.25) is 0 Å². The summed E-state index contributed by atoms with van der Waals surface area (Å²) in [6.07, 6.45) is -4.57. The molecule has 0 radical (unpaired) electrons. The molecule has 1 aliphatic heterocycles. The van der Waals surface area contributed by atoms with Crippen LogP contribution < -0.4 is 10.2 Å². The first kappa shape index (κ1) is 19.7. The minimum Gasteiger partial charge on any atom is -0.454 e. The first-order chi connectivity index (χ1) is 13.6. The van der Waals surface area contributed by atoms with Crippen molar-refractivity contribution in [3.05, 3.63) is 48.0 Å². The predicted molar refractivity (Wildman–Crippen MR) is 102 cm³/mol. The Hall–Kier alpha value is -2.56. The Morgan fingerprint density at radius 2 is 1.76 bits per heavy atom. The highest BCUT2D eigenvalue weighted by Gasteiger charge is 2.34. The van der Waals surface area contributed by atoms with Gasteiger partial charge < -0.3 is 14.6 Å². The molecule has 1 aromatic heterocycles. The van der Waals surface area contributed by atoms with Crippen molar-refractivity contribution in [2.45, 2.75) is 11.1 Å². The summed E-state index contributed by atoms with van der Waals surface area (Å²) in [6.45, 7) is 2.42. The molecule has 0 spiro atoms. The third-order valence-corrected chi connectivity index (χ3v) is 5.66. The average Bonchev–Trinajstić information content (AvgIpc) is 3.11. The number of hydrogen-bond donors (Lipinski definition) is 2. The number of rotatable bonds is 3. The molecule has 1 aliphatic rings. The normalized spacial score (nSPS) is 15.8. The summed E-state index contributed by atoms with van der Waals surface area (Å²) >= 11 is 0. The molecule has 0 bridgehead atoms. The minimum absolute atomic E-state index is 0.0307. The summed E-state index contributed by atoms with van der Waals surface area (Å²) in [5.74, 6) is -0.0307. The second-order valence-corrected chi connectivity index (χ2v) is 8.15. The molecule has 1 saturated heterocycles. The van der Waals surface area contributed by atoms with Crippen LogP contribution in [0.15, 0.2) is 51.8 Å². The summed E-state index contributed by atoms with van der Waals surface area (Å²) < 4.78 is 79.0. The number of nitrogens with zero attached hydrogens (tertiary/aromatic N) is 1. The molecule has 0 atom stereocenters. The zero-order valence-corrected chi connectivity index (χ0v) is 15.8. The topological polar surface area (TPSA) is 82.8 Å². The van der Waals surface area contributed by atoms with Gasteiger partial charge >= 0.3 is 6.18 Å². The number of nitrogens with one attached hydrogen (secondary N) is 1. The number of furan rings is 1. The van der Waals surface area contributed by atoms with Crippen molar-refractivity contribution >= 4 is 26.8 Å².